The van der Waals surface area contributed by atoms with Gasteiger partial charge in [-0.2, -0.15) is 0 Å². The zero-order valence-electron chi connectivity index (χ0n) is 17.3. The Morgan fingerprint density at radius 1 is 1.10 bits per heavy atom. The molecule has 2 rings (SSSR count). The van der Waals surface area contributed by atoms with E-state index in [4.69, 9.17) is 18.6 Å². The third-order valence-electron chi connectivity index (χ3n) is 4.18. The summed E-state index contributed by atoms with van der Waals surface area (Å²) in [5.41, 5.74) is 1.54. The number of carbonyl (C=O) groups is 1. The van der Waals surface area contributed by atoms with Gasteiger partial charge < -0.3 is 29.3 Å². The minimum Gasteiger partial charge on any atom is -0.493 e. The van der Waals surface area contributed by atoms with Gasteiger partial charge in [0.05, 0.1) is 27.9 Å². The summed E-state index contributed by atoms with van der Waals surface area (Å²) in [6, 6.07) is 7.51. The molecule has 2 aromatic rings. The number of aryl methyl sites for hydroxylation is 1. The van der Waals surface area contributed by atoms with Crippen molar-refractivity contribution in [1.82, 2.24) is 10.6 Å². The summed E-state index contributed by atoms with van der Waals surface area (Å²) in [6.07, 6.45) is 0.785. The molecule has 0 aliphatic rings. The Hall–Kier alpha value is -2.43. The highest BCUT2D eigenvalue weighted by molar-refractivity contribution is 14.0. The maximum Gasteiger partial charge on any atom is 0.341 e. The molecule has 0 unspecified atom stereocenters. The number of hydrogen-bond acceptors (Lipinski definition) is 6. The minimum absolute atomic E-state index is 0. The van der Waals surface area contributed by atoms with E-state index in [2.05, 4.69) is 15.6 Å². The van der Waals surface area contributed by atoms with Crippen LogP contribution in [-0.4, -0.2) is 46.9 Å². The molecular formula is C20H28IN3O5. The van der Waals surface area contributed by atoms with E-state index in [9.17, 15) is 4.79 Å². The third-order valence-corrected chi connectivity index (χ3v) is 4.18. The second kappa shape index (κ2) is 12.2. The first-order chi connectivity index (χ1) is 13.5. The van der Waals surface area contributed by atoms with Crippen molar-refractivity contribution in [3.05, 3.63) is 46.9 Å². The normalized spacial score (nSPS) is 10.7. The lowest BCUT2D eigenvalue weighted by atomic mass is 10.1. The molecule has 0 bridgehead atoms. The SMILES string of the molecule is CN=C(NCCc1ccc(OC)c(OC)c1)NCc1cc(C(=O)OC)c(C)o1.I. The summed E-state index contributed by atoms with van der Waals surface area (Å²) < 4.78 is 20.9. The van der Waals surface area contributed by atoms with Crippen LogP contribution in [0.25, 0.3) is 0 Å². The Kier molecular flexibility index (Phi) is 10.4. The molecule has 160 valence electrons. The number of rotatable bonds is 8. The van der Waals surface area contributed by atoms with Crippen LogP contribution >= 0.6 is 24.0 Å². The molecule has 0 aliphatic carbocycles. The molecule has 8 nitrogen and oxygen atoms in total. The zero-order valence-corrected chi connectivity index (χ0v) is 19.7. The standard InChI is InChI=1S/C20H27N3O5.HI/c1-13-16(19(24)27-5)11-15(28-13)12-23-20(21-2)22-9-8-14-6-7-17(25-3)18(10-14)26-4;/h6-7,10-11H,8-9,12H2,1-5H3,(H2,21,22,23);1H. The number of carbonyl (C=O) groups excluding carboxylic acids is 1. The molecule has 0 amide bonds. The molecule has 0 aliphatic heterocycles. The summed E-state index contributed by atoms with van der Waals surface area (Å²) in [4.78, 5) is 15.8. The minimum atomic E-state index is -0.412. The second-order valence-electron chi connectivity index (χ2n) is 5.97. The van der Waals surface area contributed by atoms with E-state index in [1.807, 2.05) is 18.2 Å². The molecule has 0 fully saturated rings. The van der Waals surface area contributed by atoms with Gasteiger partial charge in [0.1, 0.15) is 17.1 Å². The second-order valence-corrected chi connectivity index (χ2v) is 5.97. The van der Waals surface area contributed by atoms with Crippen molar-refractivity contribution < 1.29 is 23.4 Å². The lowest BCUT2D eigenvalue weighted by Gasteiger charge is -2.12. The molecule has 1 heterocycles. The van der Waals surface area contributed by atoms with Gasteiger partial charge in [-0.25, -0.2) is 4.79 Å². The van der Waals surface area contributed by atoms with E-state index >= 15 is 0 Å². The lowest BCUT2D eigenvalue weighted by molar-refractivity contribution is 0.0599. The number of ether oxygens (including phenoxy) is 3. The first-order valence-electron chi connectivity index (χ1n) is 8.85. The van der Waals surface area contributed by atoms with Crippen LogP contribution in [0.15, 0.2) is 33.7 Å². The lowest BCUT2D eigenvalue weighted by Crippen LogP contribution is -2.37. The van der Waals surface area contributed by atoms with Crippen molar-refractivity contribution in [3.8, 4) is 11.5 Å². The fourth-order valence-corrected chi connectivity index (χ4v) is 2.70. The van der Waals surface area contributed by atoms with Gasteiger partial charge in [-0.1, -0.05) is 6.07 Å². The van der Waals surface area contributed by atoms with Gasteiger partial charge in [0.2, 0.25) is 0 Å². The molecule has 0 radical (unpaired) electrons. The van der Waals surface area contributed by atoms with Crippen molar-refractivity contribution in [2.45, 2.75) is 19.9 Å². The molecule has 9 heteroatoms. The van der Waals surface area contributed by atoms with Crippen LogP contribution in [0.2, 0.25) is 0 Å². The summed E-state index contributed by atoms with van der Waals surface area (Å²) in [6.45, 7) is 2.81. The first-order valence-corrected chi connectivity index (χ1v) is 8.85. The van der Waals surface area contributed by atoms with Crippen molar-refractivity contribution in [1.29, 1.82) is 0 Å². The maximum atomic E-state index is 11.6. The van der Waals surface area contributed by atoms with Crippen LogP contribution in [0.4, 0.5) is 0 Å². The molecule has 0 saturated carbocycles. The summed E-state index contributed by atoms with van der Waals surface area (Å²) in [5, 5.41) is 6.40. The zero-order chi connectivity index (χ0) is 20.5. The van der Waals surface area contributed by atoms with Crippen LogP contribution in [0, 0.1) is 6.92 Å². The van der Waals surface area contributed by atoms with E-state index in [1.54, 1.807) is 34.3 Å². The topological polar surface area (TPSA) is 94.3 Å². The van der Waals surface area contributed by atoms with E-state index in [0.29, 0.717) is 47.6 Å². The molecule has 0 spiro atoms. The van der Waals surface area contributed by atoms with Gasteiger partial charge in [0.25, 0.3) is 0 Å². The number of aliphatic imine (C=N–C) groups is 1. The smallest absolute Gasteiger partial charge is 0.341 e. The largest absolute Gasteiger partial charge is 0.493 e. The number of furan rings is 1. The number of nitrogens with zero attached hydrogens (tertiary/aromatic N) is 1. The molecular weight excluding hydrogens is 489 g/mol. The van der Waals surface area contributed by atoms with Gasteiger partial charge >= 0.3 is 5.97 Å². The predicted octanol–water partition coefficient (Wildman–Crippen LogP) is 2.92. The molecule has 29 heavy (non-hydrogen) atoms. The summed E-state index contributed by atoms with van der Waals surface area (Å²) in [5.74, 6) is 2.79. The Balaban J connectivity index is 0.00000420. The highest BCUT2D eigenvalue weighted by atomic mass is 127. The summed E-state index contributed by atoms with van der Waals surface area (Å²) in [7, 11) is 6.27. The molecule has 2 N–H and O–H groups in total. The first kappa shape index (κ1) is 24.6. The Bertz CT molecular complexity index is 836. The van der Waals surface area contributed by atoms with Crippen LogP contribution in [-0.2, 0) is 17.7 Å². The summed E-state index contributed by atoms with van der Waals surface area (Å²) >= 11 is 0. The van der Waals surface area contributed by atoms with E-state index in [1.165, 1.54) is 7.11 Å². The van der Waals surface area contributed by atoms with Gasteiger partial charge in [-0.05, 0) is 37.1 Å². The van der Waals surface area contributed by atoms with Crippen molar-refractivity contribution in [2.24, 2.45) is 4.99 Å². The van der Waals surface area contributed by atoms with Crippen LogP contribution in [0.3, 0.4) is 0 Å². The number of halogens is 1. The number of methoxy groups -OCH3 is 3. The Labute approximate surface area is 188 Å². The predicted molar refractivity (Wildman–Crippen MR) is 122 cm³/mol. The monoisotopic (exact) mass is 517 g/mol. The van der Waals surface area contributed by atoms with Crippen LogP contribution in [0.5, 0.6) is 11.5 Å². The molecule has 0 atom stereocenters. The number of guanidine groups is 1. The van der Waals surface area contributed by atoms with Crippen molar-refractivity contribution >= 4 is 35.9 Å². The van der Waals surface area contributed by atoms with Crippen LogP contribution < -0.4 is 20.1 Å². The highest BCUT2D eigenvalue weighted by Crippen LogP contribution is 2.27. The number of nitrogens with one attached hydrogen (secondary N) is 2. The number of hydrogen-bond donors (Lipinski definition) is 2. The van der Waals surface area contributed by atoms with Gasteiger partial charge in [0, 0.05) is 13.6 Å². The van der Waals surface area contributed by atoms with Crippen LogP contribution in [0.1, 0.15) is 27.4 Å². The molecule has 0 saturated heterocycles. The van der Waals surface area contributed by atoms with Gasteiger partial charge in [-0.15, -0.1) is 24.0 Å². The van der Waals surface area contributed by atoms with E-state index in [-0.39, 0.29) is 24.0 Å². The highest BCUT2D eigenvalue weighted by Gasteiger charge is 2.15. The fourth-order valence-electron chi connectivity index (χ4n) is 2.70. The van der Waals surface area contributed by atoms with Crippen molar-refractivity contribution in [3.63, 3.8) is 0 Å². The molecule has 1 aromatic carbocycles. The molecule has 1 aromatic heterocycles. The third kappa shape index (κ3) is 6.84. The van der Waals surface area contributed by atoms with Crippen molar-refractivity contribution in [2.75, 3.05) is 34.9 Å². The quantitative estimate of drug-likeness (QED) is 0.241. The number of benzene rings is 1. The number of esters is 1. The van der Waals surface area contributed by atoms with E-state index < -0.39 is 5.97 Å². The Morgan fingerprint density at radius 2 is 1.83 bits per heavy atom. The Morgan fingerprint density at radius 3 is 2.45 bits per heavy atom. The average molecular weight is 517 g/mol. The van der Waals surface area contributed by atoms with Gasteiger partial charge in [0.15, 0.2) is 17.5 Å². The fraction of sp³-hybridized carbons (Fsp3) is 0.400. The maximum absolute atomic E-state index is 11.6. The average Bonchev–Trinajstić information content (AvgIpc) is 3.10. The van der Waals surface area contributed by atoms with E-state index in [0.717, 1.165) is 12.0 Å². The van der Waals surface area contributed by atoms with Gasteiger partial charge in [-0.3, -0.25) is 4.99 Å².